The number of fused-ring (bicyclic) bond motifs is 1. The summed E-state index contributed by atoms with van der Waals surface area (Å²) in [6.45, 7) is 6.90. The molecular weight excluding hydrogens is 374 g/mol. The lowest BCUT2D eigenvalue weighted by atomic mass is 10.0. The third-order valence-corrected chi connectivity index (χ3v) is 11.9. The van der Waals surface area contributed by atoms with Gasteiger partial charge in [0.1, 0.15) is 0 Å². The molecule has 0 amide bonds. The van der Waals surface area contributed by atoms with E-state index < -0.39 is 8.32 Å². The molecule has 2 aromatic carbocycles. The first-order valence-electron chi connectivity index (χ1n) is 10.6. The van der Waals surface area contributed by atoms with Gasteiger partial charge in [0.2, 0.25) is 0 Å². The fourth-order valence-corrected chi connectivity index (χ4v) is 10.2. The van der Waals surface area contributed by atoms with Crippen LogP contribution in [0.15, 0.2) is 60.7 Å². The molecule has 0 N–H and O–H groups in total. The number of rotatable bonds is 6. The van der Waals surface area contributed by atoms with Crippen molar-refractivity contribution in [3.63, 3.8) is 0 Å². The SMILES string of the molecule is CC(C)(C)[Si](OC1C[C@@H]2[C@H](C1)[C@H]2C(=O)CC#N)(c1ccccc1)c1ccccc1. The second kappa shape index (κ2) is 7.55. The fraction of sp³-hybridized carbons (Fsp3) is 0.440. The van der Waals surface area contributed by atoms with Crippen LogP contribution in [0.2, 0.25) is 5.04 Å². The monoisotopic (exact) mass is 403 g/mol. The Kier molecular flexibility index (Phi) is 5.23. The zero-order valence-corrected chi connectivity index (χ0v) is 18.5. The number of hydrogen-bond acceptors (Lipinski definition) is 3. The van der Waals surface area contributed by atoms with E-state index in [0.29, 0.717) is 11.8 Å². The summed E-state index contributed by atoms with van der Waals surface area (Å²) in [5, 5.41) is 11.4. The Morgan fingerprint density at radius 3 is 1.90 bits per heavy atom. The fourth-order valence-electron chi connectivity index (χ4n) is 5.50. The zero-order chi connectivity index (χ0) is 20.6. The minimum absolute atomic E-state index is 0.0292. The van der Waals surface area contributed by atoms with Gasteiger partial charge in [-0.05, 0) is 40.1 Å². The summed E-state index contributed by atoms with van der Waals surface area (Å²) in [5.74, 6) is 1.07. The second-order valence-electron chi connectivity index (χ2n) is 9.53. The molecular formula is C25H29NO2Si. The van der Waals surface area contributed by atoms with E-state index in [2.05, 4.69) is 81.4 Å². The maximum Gasteiger partial charge on any atom is 0.261 e. The average molecular weight is 404 g/mol. The Balaban J connectivity index is 1.65. The van der Waals surface area contributed by atoms with E-state index in [1.165, 1.54) is 10.4 Å². The highest BCUT2D eigenvalue weighted by Crippen LogP contribution is 2.59. The summed E-state index contributed by atoms with van der Waals surface area (Å²) in [7, 11) is -2.53. The van der Waals surface area contributed by atoms with Crippen LogP contribution < -0.4 is 10.4 Å². The summed E-state index contributed by atoms with van der Waals surface area (Å²) < 4.78 is 7.19. The highest BCUT2D eigenvalue weighted by Gasteiger charge is 2.61. The standard InChI is InChI=1S/C25H29NO2Si/c1-25(2,3)29(19-10-6-4-7-11-19,20-12-8-5-9-13-20)28-18-16-21-22(17-18)24(21)23(27)14-15-26/h4-13,18,21-22,24H,14,16-17H2,1-3H3/t18?,21-,22+,24+. The molecule has 2 aliphatic carbocycles. The first-order valence-corrected chi connectivity index (χ1v) is 12.5. The number of benzene rings is 2. The lowest BCUT2D eigenvalue weighted by Crippen LogP contribution is -2.67. The molecule has 4 atom stereocenters. The molecule has 0 bridgehead atoms. The Morgan fingerprint density at radius 2 is 1.48 bits per heavy atom. The molecule has 0 aromatic heterocycles. The van der Waals surface area contributed by atoms with Gasteiger partial charge in [-0.1, -0.05) is 81.4 Å². The van der Waals surface area contributed by atoms with Crippen LogP contribution in [0.4, 0.5) is 0 Å². The number of nitrogens with zero attached hydrogens (tertiary/aromatic N) is 1. The van der Waals surface area contributed by atoms with Gasteiger partial charge in [-0.15, -0.1) is 0 Å². The van der Waals surface area contributed by atoms with E-state index in [1.54, 1.807) is 0 Å². The molecule has 2 fully saturated rings. The van der Waals surface area contributed by atoms with Crippen LogP contribution in [0.5, 0.6) is 0 Å². The van der Waals surface area contributed by atoms with Gasteiger partial charge < -0.3 is 4.43 Å². The highest BCUT2D eigenvalue weighted by molar-refractivity contribution is 6.99. The quantitative estimate of drug-likeness (QED) is 0.683. The number of carbonyl (C=O) groups is 1. The normalized spacial score (nSPS) is 25.9. The Labute approximate surface area is 174 Å². The van der Waals surface area contributed by atoms with Crippen LogP contribution in [0, 0.1) is 29.1 Å². The molecule has 0 saturated heterocycles. The number of nitriles is 1. The van der Waals surface area contributed by atoms with Gasteiger partial charge in [-0.25, -0.2) is 0 Å². The number of ketones is 1. The minimum atomic E-state index is -2.53. The Morgan fingerprint density at radius 1 is 1.00 bits per heavy atom. The molecule has 0 heterocycles. The maximum atomic E-state index is 12.2. The lowest BCUT2D eigenvalue weighted by Gasteiger charge is -2.45. The topological polar surface area (TPSA) is 50.1 Å². The summed E-state index contributed by atoms with van der Waals surface area (Å²) in [6, 6.07) is 23.5. The number of carbonyl (C=O) groups excluding carboxylic acids is 1. The molecule has 1 unspecified atom stereocenters. The van der Waals surface area contributed by atoms with Crippen LogP contribution in [-0.2, 0) is 9.22 Å². The number of Topliss-reactive ketones (excluding diaryl/α,β-unsaturated/α-hetero) is 1. The molecule has 3 nitrogen and oxygen atoms in total. The maximum absolute atomic E-state index is 12.2. The average Bonchev–Trinajstić information content (AvgIpc) is 3.22. The van der Waals surface area contributed by atoms with E-state index in [0.717, 1.165) is 12.8 Å². The molecule has 0 radical (unpaired) electrons. The van der Waals surface area contributed by atoms with Crippen molar-refractivity contribution < 1.29 is 9.22 Å². The molecule has 0 spiro atoms. The first kappa shape index (κ1) is 20.1. The van der Waals surface area contributed by atoms with Crippen LogP contribution >= 0.6 is 0 Å². The molecule has 2 aromatic rings. The van der Waals surface area contributed by atoms with E-state index in [1.807, 2.05) is 6.07 Å². The van der Waals surface area contributed by atoms with Crippen LogP contribution in [0.25, 0.3) is 0 Å². The minimum Gasteiger partial charge on any atom is -0.404 e. The van der Waals surface area contributed by atoms with Gasteiger partial charge >= 0.3 is 0 Å². The van der Waals surface area contributed by atoms with Crippen molar-refractivity contribution in [2.45, 2.75) is 51.2 Å². The van der Waals surface area contributed by atoms with Crippen molar-refractivity contribution in [3.8, 4) is 6.07 Å². The predicted molar refractivity (Wildman–Crippen MR) is 117 cm³/mol. The van der Waals surface area contributed by atoms with Crippen molar-refractivity contribution in [3.05, 3.63) is 60.7 Å². The van der Waals surface area contributed by atoms with Gasteiger partial charge in [0.05, 0.1) is 12.5 Å². The van der Waals surface area contributed by atoms with Crippen molar-refractivity contribution in [2.75, 3.05) is 0 Å². The summed E-state index contributed by atoms with van der Waals surface area (Å²) in [4.78, 5) is 12.2. The van der Waals surface area contributed by atoms with Gasteiger partial charge in [-0.3, -0.25) is 4.79 Å². The van der Waals surface area contributed by atoms with E-state index >= 15 is 0 Å². The second-order valence-corrected chi connectivity index (χ2v) is 13.8. The van der Waals surface area contributed by atoms with Crippen LogP contribution in [0.3, 0.4) is 0 Å². The molecule has 2 aliphatic rings. The van der Waals surface area contributed by atoms with E-state index in [-0.39, 0.29) is 29.3 Å². The van der Waals surface area contributed by atoms with Crippen molar-refractivity contribution in [1.29, 1.82) is 5.26 Å². The third kappa shape index (κ3) is 3.47. The van der Waals surface area contributed by atoms with Crippen molar-refractivity contribution in [2.24, 2.45) is 17.8 Å². The third-order valence-electron chi connectivity index (χ3n) is 6.79. The molecule has 0 aliphatic heterocycles. The Bertz CT molecular complexity index is 862. The Hall–Kier alpha value is -2.22. The molecule has 29 heavy (non-hydrogen) atoms. The highest BCUT2D eigenvalue weighted by atomic mass is 28.4. The summed E-state index contributed by atoms with van der Waals surface area (Å²) in [5.41, 5.74) is 0. The van der Waals surface area contributed by atoms with Gasteiger partial charge in [0.25, 0.3) is 8.32 Å². The van der Waals surface area contributed by atoms with Gasteiger partial charge in [0.15, 0.2) is 5.78 Å². The largest absolute Gasteiger partial charge is 0.404 e. The van der Waals surface area contributed by atoms with E-state index in [9.17, 15) is 4.79 Å². The summed E-state index contributed by atoms with van der Waals surface area (Å²) in [6.07, 6.45) is 2.12. The van der Waals surface area contributed by atoms with E-state index in [4.69, 9.17) is 9.69 Å². The smallest absolute Gasteiger partial charge is 0.261 e. The molecule has 150 valence electrons. The first-order chi connectivity index (χ1) is 13.9. The van der Waals surface area contributed by atoms with Crippen LogP contribution in [-0.4, -0.2) is 20.2 Å². The van der Waals surface area contributed by atoms with Gasteiger partial charge in [-0.2, -0.15) is 5.26 Å². The number of hydrogen-bond donors (Lipinski definition) is 0. The lowest BCUT2D eigenvalue weighted by molar-refractivity contribution is -0.120. The molecule has 2 saturated carbocycles. The van der Waals surface area contributed by atoms with Crippen molar-refractivity contribution in [1.82, 2.24) is 0 Å². The predicted octanol–water partition coefficient (Wildman–Crippen LogP) is 4.07. The molecule has 4 heteroatoms. The summed E-state index contributed by atoms with van der Waals surface area (Å²) >= 11 is 0. The zero-order valence-electron chi connectivity index (χ0n) is 17.5. The van der Waals surface area contributed by atoms with Gasteiger partial charge in [0, 0.05) is 12.0 Å². The van der Waals surface area contributed by atoms with Crippen LogP contribution in [0.1, 0.15) is 40.0 Å². The van der Waals surface area contributed by atoms with Crippen molar-refractivity contribution >= 4 is 24.5 Å². The molecule has 4 rings (SSSR count).